The Morgan fingerprint density at radius 1 is 1.62 bits per heavy atom. The molecular weight excluding hydrogens is 172 g/mol. The fraction of sp³-hybridized carbons (Fsp3) is 0.500. The Kier molecular flexibility index (Phi) is 2.27. The molecule has 0 atom stereocenters. The van der Waals surface area contributed by atoms with Crippen LogP contribution < -0.4 is 5.32 Å². The smallest absolute Gasteiger partial charge is 0.357 e. The van der Waals surface area contributed by atoms with Crippen LogP contribution in [0.1, 0.15) is 31.3 Å². The normalized spacial score (nSPS) is 11.3. The van der Waals surface area contributed by atoms with Gasteiger partial charge in [-0.1, -0.05) is 0 Å². The van der Waals surface area contributed by atoms with Crippen molar-refractivity contribution in [2.45, 2.75) is 26.3 Å². The molecule has 0 saturated carbocycles. The minimum atomic E-state index is -1.09. The highest BCUT2D eigenvalue weighted by Crippen LogP contribution is 2.13. The predicted octanol–water partition coefficient (Wildman–Crippen LogP) is 1.58. The summed E-state index contributed by atoms with van der Waals surface area (Å²) < 4.78 is 4.90. The lowest BCUT2D eigenvalue weighted by Crippen LogP contribution is -2.26. The van der Waals surface area contributed by atoms with Gasteiger partial charge in [-0.2, -0.15) is 4.98 Å². The van der Waals surface area contributed by atoms with Crippen LogP contribution in [-0.4, -0.2) is 21.6 Å². The van der Waals surface area contributed by atoms with Crippen molar-refractivity contribution in [3.63, 3.8) is 0 Å². The van der Waals surface area contributed by atoms with Gasteiger partial charge in [-0.15, -0.1) is 0 Å². The van der Waals surface area contributed by atoms with Crippen molar-refractivity contribution >= 4 is 12.0 Å². The highest BCUT2D eigenvalue weighted by Gasteiger charge is 2.15. The quantitative estimate of drug-likeness (QED) is 0.729. The fourth-order valence-electron chi connectivity index (χ4n) is 0.750. The van der Waals surface area contributed by atoms with E-state index in [-0.39, 0.29) is 17.2 Å². The molecular formula is C8H12N2O3. The van der Waals surface area contributed by atoms with Crippen molar-refractivity contribution in [2.75, 3.05) is 5.32 Å². The summed E-state index contributed by atoms with van der Waals surface area (Å²) in [6.07, 6.45) is 1.11. The molecule has 5 heteroatoms. The van der Waals surface area contributed by atoms with Gasteiger partial charge in [0.05, 0.1) is 0 Å². The molecule has 5 nitrogen and oxygen atoms in total. The molecule has 0 saturated heterocycles. The van der Waals surface area contributed by atoms with Crippen LogP contribution in [-0.2, 0) is 0 Å². The van der Waals surface area contributed by atoms with Crippen molar-refractivity contribution in [1.82, 2.24) is 4.98 Å². The monoisotopic (exact) mass is 184 g/mol. The molecule has 0 radical (unpaired) electrons. The highest BCUT2D eigenvalue weighted by molar-refractivity contribution is 5.85. The number of carboxylic acids is 1. The Hall–Kier alpha value is -1.52. The van der Waals surface area contributed by atoms with Gasteiger partial charge in [0.1, 0.15) is 6.26 Å². The lowest BCUT2D eigenvalue weighted by atomic mass is 10.1. The Morgan fingerprint density at radius 2 is 2.23 bits per heavy atom. The summed E-state index contributed by atoms with van der Waals surface area (Å²) in [6.45, 7) is 5.78. The maximum absolute atomic E-state index is 10.4. The van der Waals surface area contributed by atoms with E-state index in [9.17, 15) is 4.79 Å². The molecule has 1 heterocycles. The molecule has 1 aromatic rings. The van der Waals surface area contributed by atoms with Crippen molar-refractivity contribution in [3.8, 4) is 0 Å². The van der Waals surface area contributed by atoms with Crippen LogP contribution >= 0.6 is 0 Å². The second-order valence-electron chi connectivity index (χ2n) is 3.72. The number of carbonyl (C=O) groups is 1. The minimum absolute atomic E-state index is 0.0910. The van der Waals surface area contributed by atoms with Crippen molar-refractivity contribution in [3.05, 3.63) is 12.0 Å². The first kappa shape index (κ1) is 9.57. The van der Waals surface area contributed by atoms with Crippen LogP contribution in [0.2, 0.25) is 0 Å². The summed E-state index contributed by atoms with van der Waals surface area (Å²) in [5.41, 5.74) is -0.285. The molecule has 0 aliphatic carbocycles. The van der Waals surface area contributed by atoms with E-state index in [1.54, 1.807) is 0 Å². The molecule has 1 aromatic heterocycles. The number of rotatable bonds is 2. The molecule has 0 unspecified atom stereocenters. The summed E-state index contributed by atoms with van der Waals surface area (Å²) in [6, 6.07) is 0.227. The molecule has 1 rings (SSSR count). The number of aromatic nitrogens is 1. The van der Waals surface area contributed by atoms with Gasteiger partial charge in [0.2, 0.25) is 0 Å². The molecule has 0 amide bonds. The molecule has 2 N–H and O–H groups in total. The molecule has 0 bridgehead atoms. The molecule has 0 aliphatic heterocycles. The van der Waals surface area contributed by atoms with E-state index in [1.807, 2.05) is 20.8 Å². The third-order valence-electron chi connectivity index (χ3n) is 1.21. The zero-order valence-electron chi connectivity index (χ0n) is 7.79. The number of nitrogens with zero attached hydrogens (tertiary/aromatic N) is 1. The third kappa shape index (κ3) is 2.77. The Balaban J connectivity index is 2.75. The Bertz CT molecular complexity index is 311. The van der Waals surface area contributed by atoms with Gasteiger partial charge in [-0.25, -0.2) is 4.79 Å². The second-order valence-corrected chi connectivity index (χ2v) is 3.72. The average Bonchev–Trinajstić information content (AvgIpc) is 2.31. The van der Waals surface area contributed by atoms with E-state index >= 15 is 0 Å². The minimum Gasteiger partial charge on any atom is -0.476 e. The van der Waals surface area contributed by atoms with Gasteiger partial charge in [-0.05, 0) is 20.8 Å². The number of carboxylic acid groups (broad SMARTS) is 1. The first-order chi connectivity index (χ1) is 5.88. The van der Waals surface area contributed by atoms with Gasteiger partial charge in [0.15, 0.2) is 5.69 Å². The van der Waals surface area contributed by atoms with Gasteiger partial charge in [-0.3, -0.25) is 0 Å². The van der Waals surface area contributed by atoms with Crippen LogP contribution in [0.4, 0.5) is 6.01 Å². The lowest BCUT2D eigenvalue weighted by Gasteiger charge is -2.18. The van der Waals surface area contributed by atoms with Crippen LogP contribution in [0, 0.1) is 0 Å². The predicted molar refractivity (Wildman–Crippen MR) is 46.8 cm³/mol. The fourth-order valence-corrected chi connectivity index (χ4v) is 0.750. The zero-order valence-corrected chi connectivity index (χ0v) is 7.79. The summed E-state index contributed by atoms with van der Waals surface area (Å²) in [7, 11) is 0. The Morgan fingerprint density at radius 3 is 2.62 bits per heavy atom. The maximum atomic E-state index is 10.4. The van der Waals surface area contributed by atoms with E-state index < -0.39 is 5.97 Å². The third-order valence-corrected chi connectivity index (χ3v) is 1.21. The van der Waals surface area contributed by atoms with Crippen molar-refractivity contribution in [2.24, 2.45) is 0 Å². The van der Waals surface area contributed by atoms with E-state index in [4.69, 9.17) is 9.52 Å². The molecule has 72 valence electrons. The molecule has 13 heavy (non-hydrogen) atoms. The maximum Gasteiger partial charge on any atom is 0.357 e. The van der Waals surface area contributed by atoms with Crippen molar-refractivity contribution < 1.29 is 14.3 Å². The number of hydrogen-bond acceptors (Lipinski definition) is 4. The van der Waals surface area contributed by atoms with Gasteiger partial charge < -0.3 is 14.8 Å². The van der Waals surface area contributed by atoms with E-state index in [0.29, 0.717) is 0 Å². The van der Waals surface area contributed by atoms with Crippen LogP contribution in [0.3, 0.4) is 0 Å². The SMILES string of the molecule is CC(C)(C)Nc1nc(C(=O)O)co1. The number of nitrogens with one attached hydrogen (secondary N) is 1. The molecule has 0 fully saturated rings. The van der Waals surface area contributed by atoms with Crippen LogP contribution in [0.25, 0.3) is 0 Å². The summed E-state index contributed by atoms with van der Waals surface area (Å²) in [5.74, 6) is -1.09. The second kappa shape index (κ2) is 3.08. The number of aromatic carboxylic acids is 1. The van der Waals surface area contributed by atoms with Crippen molar-refractivity contribution in [1.29, 1.82) is 0 Å². The number of anilines is 1. The molecule has 0 aliphatic rings. The van der Waals surface area contributed by atoms with Gasteiger partial charge in [0, 0.05) is 5.54 Å². The molecule has 0 aromatic carbocycles. The Labute approximate surface area is 75.8 Å². The lowest BCUT2D eigenvalue weighted by molar-refractivity contribution is 0.0690. The molecule has 0 spiro atoms. The van der Waals surface area contributed by atoms with E-state index in [0.717, 1.165) is 6.26 Å². The summed E-state index contributed by atoms with van der Waals surface area (Å²) in [4.78, 5) is 14.1. The van der Waals surface area contributed by atoms with Gasteiger partial charge >= 0.3 is 5.97 Å². The standard InChI is InChI=1S/C8H12N2O3/c1-8(2,3)10-7-9-5(4-13-7)6(11)12/h4H,1-3H3,(H,9,10)(H,11,12). The summed E-state index contributed by atoms with van der Waals surface area (Å²) >= 11 is 0. The topological polar surface area (TPSA) is 75.4 Å². The van der Waals surface area contributed by atoms with Crippen LogP contribution in [0.15, 0.2) is 10.7 Å². The number of hydrogen-bond donors (Lipinski definition) is 2. The van der Waals surface area contributed by atoms with E-state index in [1.165, 1.54) is 0 Å². The average molecular weight is 184 g/mol. The summed E-state index contributed by atoms with van der Waals surface area (Å²) in [5, 5.41) is 11.5. The van der Waals surface area contributed by atoms with Crippen LogP contribution in [0.5, 0.6) is 0 Å². The van der Waals surface area contributed by atoms with E-state index in [2.05, 4.69) is 10.3 Å². The first-order valence-corrected chi connectivity index (χ1v) is 3.85. The largest absolute Gasteiger partial charge is 0.476 e. The zero-order chi connectivity index (χ0) is 10.1. The number of oxazole rings is 1. The van der Waals surface area contributed by atoms with Gasteiger partial charge in [0.25, 0.3) is 6.01 Å². The first-order valence-electron chi connectivity index (χ1n) is 3.85. The highest BCUT2D eigenvalue weighted by atomic mass is 16.4.